The molecule has 10 N–H and O–H groups in total. The molecule has 0 unspecified atom stereocenters. The van der Waals surface area contributed by atoms with E-state index in [1.54, 1.807) is 27.7 Å². The number of aliphatic hydroxyl groups excluding tert-OH is 4. The van der Waals surface area contributed by atoms with E-state index in [1.165, 1.54) is 0 Å². The van der Waals surface area contributed by atoms with Crippen molar-refractivity contribution in [3.8, 4) is 0 Å². The van der Waals surface area contributed by atoms with Crippen LogP contribution in [0, 0.1) is 0 Å². The Labute approximate surface area is 128 Å². The Morgan fingerprint density at radius 3 is 0.684 bits per heavy atom. The Morgan fingerprint density at radius 1 is 0.684 bits per heavy atom. The minimum atomic E-state index is -4.86. The molecule has 0 atom stereocenters. The van der Waals surface area contributed by atoms with Gasteiger partial charge in [-0.2, -0.15) is 0 Å². The predicted octanol–water partition coefficient (Wildman–Crippen LogP) is -6.08. The van der Waals surface area contributed by atoms with Crippen LogP contribution in [0.2, 0.25) is 0 Å². The van der Waals surface area contributed by atoms with Crippen molar-refractivity contribution in [2.45, 2.75) is 27.7 Å². The SMILES string of the molecule is CCO.CCO.CCO.CCO.N.[Li+].[O-][Si](O)(O)O. The van der Waals surface area contributed by atoms with Gasteiger partial charge < -0.3 is 45.8 Å². The van der Waals surface area contributed by atoms with E-state index in [2.05, 4.69) is 0 Å². The van der Waals surface area contributed by atoms with Gasteiger partial charge in [0.15, 0.2) is 0 Å². The molecule has 0 aromatic rings. The molecule has 9 nitrogen and oxygen atoms in total. The van der Waals surface area contributed by atoms with Crippen molar-refractivity contribution >= 4 is 9.05 Å². The van der Waals surface area contributed by atoms with E-state index >= 15 is 0 Å². The molecule has 11 heteroatoms. The first-order valence-electron chi connectivity index (χ1n) is 4.97. The average molecular weight is 303 g/mol. The van der Waals surface area contributed by atoms with Crippen molar-refractivity contribution in [3.63, 3.8) is 0 Å². The second-order valence-electron chi connectivity index (χ2n) is 1.84. The molecule has 120 valence electrons. The quantitative estimate of drug-likeness (QED) is 0.200. The van der Waals surface area contributed by atoms with Crippen molar-refractivity contribution in [2.24, 2.45) is 0 Å². The van der Waals surface area contributed by atoms with Crippen LogP contribution in [0.5, 0.6) is 0 Å². The molecule has 0 spiro atoms. The van der Waals surface area contributed by atoms with E-state index in [1.807, 2.05) is 0 Å². The predicted molar refractivity (Wildman–Crippen MR) is 68.5 cm³/mol. The fourth-order valence-electron chi connectivity index (χ4n) is 0. The molecular formula is C8H30LiNO8Si. The normalized spacial score (nSPS) is 6.95. The average Bonchev–Trinajstić information content (AvgIpc) is 2.04. The fourth-order valence-corrected chi connectivity index (χ4v) is 0. The zero-order valence-corrected chi connectivity index (χ0v) is 13.6. The third-order valence-corrected chi connectivity index (χ3v) is 0. The smallest absolute Gasteiger partial charge is 0.794 e. The summed E-state index contributed by atoms with van der Waals surface area (Å²) in [7, 11) is -4.86. The van der Waals surface area contributed by atoms with Crippen LogP contribution >= 0.6 is 0 Å². The zero-order valence-electron chi connectivity index (χ0n) is 12.6. The van der Waals surface area contributed by atoms with E-state index in [9.17, 15) is 0 Å². The van der Waals surface area contributed by atoms with Crippen LogP contribution in [-0.4, -0.2) is 70.3 Å². The monoisotopic (exact) mass is 303 g/mol. The second kappa shape index (κ2) is 51.4. The van der Waals surface area contributed by atoms with Gasteiger partial charge >= 0.3 is 27.9 Å². The molecule has 0 radical (unpaired) electrons. The summed E-state index contributed by atoms with van der Waals surface area (Å²) in [6.07, 6.45) is 0. The summed E-state index contributed by atoms with van der Waals surface area (Å²) in [5, 5.41) is 30.3. The fraction of sp³-hybridized carbons (Fsp3) is 1.00. The zero-order chi connectivity index (χ0) is 15.3. The van der Waals surface area contributed by atoms with Crippen LogP contribution in [0.1, 0.15) is 27.7 Å². The van der Waals surface area contributed by atoms with Gasteiger partial charge in [-0.25, -0.2) is 0 Å². The Bertz CT molecular complexity index is 75.6. The van der Waals surface area contributed by atoms with Crippen LogP contribution in [0.4, 0.5) is 0 Å². The molecule has 0 amide bonds. The Balaban J connectivity index is -0.0000000189. The molecule has 0 aromatic heterocycles. The number of aliphatic hydroxyl groups is 4. The van der Waals surface area contributed by atoms with Crippen LogP contribution in [0.3, 0.4) is 0 Å². The standard InChI is InChI=1S/4C2H6O.Li.H3N.H3O4Si/c4*1-2-3;;;1-5(2,3)4/h4*3H,2H2,1H3;;1H3;1-3H/q;;;;+1;;-1. The number of rotatable bonds is 0. The van der Waals surface area contributed by atoms with Crippen molar-refractivity contribution < 1.29 is 58.5 Å². The molecule has 0 aliphatic rings. The molecule has 0 aromatic carbocycles. The molecule has 0 heterocycles. The Hall–Kier alpha value is 0.454. The third-order valence-electron chi connectivity index (χ3n) is 0. The molecular weight excluding hydrogens is 273 g/mol. The first-order chi connectivity index (χ1) is 7.66. The second-order valence-corrected chi connectivity index (χ2v) is 2.99. The van der Waals surface area contributed by atoms with E-state index in [0.29, 0.717) is 0 Å². The van der Waals surface area contributed by atoms with Crippen molar-refractivity contribution in [1.29, 1.82) is 0 Å². The largest absolute Gasteiger partial charge is 1.00 e. The molecule has 0 aliphatic heterocycles. The van der Waals surface area contributed by atoms with Gasteiger partial charge in [-0.15, -0.1) is 0 Å². The summed E-state index contributed by atoms with van der Waals surface area (Å²) in [6.45, 7) is 7.72. The molecule has 0 aliphatic carbocycles. The molecule has 0 rings (SSSR count). The number of hydrogen-bond acceptors (Lipinski definition) is 9. The van der Waals surface area contributed by atoms with Crippen molar-refractivity contribution in [1.82, 2.24) is 6.15 Å². The first kappa shape index (κ1) is 42.7. The summed E-state index contributed by atoms with van der Waals surface area (Å²) in [4.78, 5) is 30.6. The minimum absolute atomic E-state index is 0. The minimum Gasteiger partial charge on any atom is -0.794 e. The van der Waals surface area contributed by atoms with Gasteiger partial charge in [0.1, 0.15) is 0 Å². The van der Waals surface area contributed by atoms with Gasteiger partial charge in [0.05, 0.1) is 0 Å². The Morgan fingerprint density at radius 2 is 0.684 bits per heavy atom. The van der Waals surface area contributed by atoms with E-state index < -0.39 is 9.05 Å². The Kier molecular flexibility index (Phi) is 116. The van der Waals surface area contributed by atoms with Crippen LogP contribution < -0.4 is 29.8 Å². The maximum Gasteiger partial charge on any atom is 1.00 e. The topological polar surface area (TPSA) is 200 Å². The molecule has 0 fully saturated rings. The van der Waals surface area contributed by atoms with Gasteiger partial charge in [-0.05, 0) is 27.7 Å². The van der Waals surface area contributed by atoms with Gasteiger partial charge in [0, 0.05) is 26.4 Å². The molecule has 19 heavy (non-hydrogen) atoms. The van der Waals surface area contributed by atoms with E-state index in [0.717, 1.165) is 0 Å². The summed E-state index contributed by atoms with van der Waals surface area (Å²) in [6, 6.07) is 0. The summed E-state index contributed by atoms with van der Waals surface area (Å²) >= 11 is 0. The summed E-state index contributed by atoms with van der Waals surface area (Å²) in [5.41, 5.74) is 0. The van der Waals surface area contributed by atoms with Gasteiger partial charge in [0.25, 0.3) is 0 Å². The van der Waals surface area contributed by atoms with E-state index in [-0.39, 0.29) is 51.4 Å². The molecule has 0 bridgehead atoms. The van der Waals surface area contributed by atoms with Crippen molar-refractivity contribution in [2.75, 3.05) is 26.4 Å². The van der Waals surface area contributed by atoms with Crippen LogP contribution in [0.25, 0.3) is 0 Å². The number of hydrogen-bond donors (Lipinski definition) is 8. The summed E-state index contributed by atoms with van der Waals surface area (Å²) < 4.78 is 0. The van der Waals surface area contributed by atoms with Crippen molar-refractivity contribution in [3.05, 3.63) is 0 Å². The van der Waals surface area contributed by atoms with Crippen LogP contribution in [-0.2, 0) is 0 Å². The molecule has 0 saturated carbocycles. The van der Waals surface area contributed by atoms with E-state index in [4.69, 9.17) is 39.6 Å². The maximum atomic E-state index is 8.91. The van der Waals surface area contributed by atoms with Gasteiger partial charge in [0.2, 0.25) is 0 Å². The molecule has 0 saturated heterocycles. The third kappa shape index (κ3) is 24200. The van der Waals surface area contributed by atoms with Gasteiger partial charge in [-0.3, -0.25) is 0 Å². The van der Waals surface area contributed by atoms with Crippen LogP contribution in [0.15, 0.2) is 0 Å². The summed E-state index contributed by atoms with van der Waals surface area (Å²) in [5.74, 6) is 0. The first-order valence-corrected chi connectivity index (χ1v) is 6.72. The maximum absolute atomic E-state index is 8.91. The van der Waals surface area contributed by atoms with Gasteiger partial charge in [-0.1, -0.05) is 0 Å².